The van der Waals surface area contributed by atoms with E-state index in [0.717, 1.165) is 22.8 Å². The van der Waals surface area contributed by atoms with Crippen molar-refractivity contribution in [2.45, 2.75) is 23.7 Å². The zero-order valence-corrected chi connectivity index (χ0v) is 26.4. The average Bonchev–Trinajstić information content (AvgIpc) is 3.48. The van der Waals surface area contributed by atoms with Crippen LogP contribution < -0.4 is 0 Å². The lowest BCUT2D eigenvalue weighted by atomic mass is 9.78. The predicted molar refractivity (Wildman–Crippen MR) is 182 cm³/mol. The number of halogens is 2. The number of hydrogen-bond acceptors (Lipinski definition) is 5. The summed E-state index contributed by atoms with van der Waals surface area (Å²) in [6.45, 7) is 0.259. The number of carbonyl (C=O) groups excluding carboxylic acids is 1. The first-order valence-corrected chi connectivity index (χ1v) is 16.7. The highest BCUT2D eigenvalue weighted by Gasteiger charge is 2.55. The standard InChI is InChI=1S/C40H33F2NO3S/c41-32-21-22-33(35(42)23-32)39-27-45-37(34(39)26-47-38(43-39)24-36(44)28-13-5-1-6-14-28)25-46-40(29-15-7-2-8-16-29,30-17-9-3-10-18-30)31-19-11-4-12-20-31/h1-23,34,37H,24-27H2/t34-,37-,39-/m1/s1. The molecule has 7 rings (SSSR count). The maximum Gasteiger partial charge on any atom is 0.169 e. The van der Waals surface area contributed by atoms with E-state index in [2.05, 4.69) is 36.4 Å². The predicted octanol–water partition coefficient (Wildman–Crippen LogP) is 8.60. The van der Waals surface area contributed by atoms with Crippen molar-refractivity contribution in [2.75, 3.05) is 19.0 Å². The highest BCUT2D eigenvalue weighted by atomic mass is 32.2. The van der Waals surface area contributed by atoms with Gasteiger partial charge in [0.25, 0.3) is 0 Å². The molecule has 1 saturated heterocycles. The summed E-state index contributed by atoms with van der Waals surface area (Å²) < 4.78 is 43.4. The third-order valence-electron chi connectivity index (χ3n) is 9.14. The Balaban J connectivity index is 1.26. The Hall–Kier alpha value is -4.43. The molecule has 0 bridgehead atoms. The molecule has 2 aliphatic heterocycles. The van der Waals surface area contributed by atoms with Crippen LogP contribution in [0.1, 0.15) is 39.0 Å². The van der Waals surface area contributed by atoms with Crippen molar-refractivity contribution in [1.29, 1.82) is 0 Å². The number of ether oxygens (including phenoxy) is 2. The number of rotatable bonds is 10. The molecular formula is C40H33F2NO3S. The highest BCUT2D eigenvalue weighted by molar-refractivity contribution is 8.14. The molecular weight excluding hydrogens is 613 g/mol. The number of thioether (sulfide) groups is 1. The highest BCUT2D eigenvalue weighted by Crippen LogP contribution is 2.50. The number of benzene rings is 5. The Labute approximate surface area is 277 Å². The van der Waals surface area contributed by atoms with E-state index in [1.165, 1.54) is 23.9 Å². The van der Waals surface area contributed by atoms with Gasteiger partial charge in [0.05, 0.1) is 30.8 Å². The fraction of sp³-hybridized carbons (Fsp3) is 0.200. The minimum atomic E-state index is -1.14. The third-order valence-corrected chi connectivity index (χ3v) is 10.2. The number of ketones is 1. The molecule has 3 atom stereocenters. The Kier molecular flexibility index (Phi) is 8.86. The SMILES string of the molecule is O=C(CC1=N[C@@]2(c3ccc(F)cc3F)CO[C@H](COC(c3ccccc3)(c3ccccc3)c3ccccc3)[C@H]2CS1)c1ccccc1. The Morgan fingerprint density at radius 3 is 1.91 bits per heavy atom. The Bertz CT molecular complexity index is 1780. The minimum Gasteiger partial charge on any atom is -0.372 e. The summed E-state index contributed by atoms with van der Waals surface area (Å²) in [4.78, 5) is 18.3. The summed E-state index contributed by atoms with van der Waals surface area (Å²) in [7, 11) is 0. The van der Waals surface area contributed by atoms with Crippen LogP contribution >= 0.6 is 11.8 Å². The lowest BCUT2D eigenvalue weighted by molar-refractivity contribution is -0.0536. The van der Waals surface area contributed by atoms with Crippen LogP contribution in [0.15, 0.2) is 145 Å². The molecule has 5 aromatic carbocycles. The van der Waals surface area contributed by atoms with Crippen LogP contribution in [0, 0.1) is 17.6 Å². The van der Waals surface area contributed by atoms with E-state index in [1.807, 2.05) is 72.8 Å². The molecule has 0 N–H and O–H groups in total. The van der Waals surface area contributed by atoms with Gasteiger partial charge in [-0.1, -0.05) is 127 Å². The maximum absolute atomic E-state index is 15.6. The van der Waals surface area contributed by atoms with E-state index in [4.69, 9.17) is 14.5 Å². The lowest BCUT2D eigenvalue weighted by Crippen LogP contribution is -2.43. The quantitative estimate of drug-likeness (QED) is 0.113. The van der Waals surface area contributed by atoms with E-state index in [9.17, 15) is 9.18 Å². The minimum absolute atomic E-state index is 0.0674. The molecule has 7 heteroatoms. The van der Waals surface area contributed by atoms with Crippen LogP contribution in [-0.4, -0.2) is 35.9 Å². The summed E-state index contributed by atoms with van der Waals surface area (Å²) in [6, 6.07) is 43.0. The van der Waals surface area contributed by atoms with E-state index >= 15 is 4.39 Å². The van der Waals surface area contributed by atoms with Crippen molar-refractivity contribution < 1.29 is 23.0 Å². The van der Waals surface area contributed by atoms with Gasteiger partial charge in [0.1, 0.15) is 22.8 Å². The molecule has 236 valence electrons. The van der Waals surface area contributed by atoms with Crippen LogP contribution in [0.3, 0.4) is 0 Å². The van der Waals surface area contributed by atoms with Gasteiger partial charge < -0.3 is 9.47 Å². The van der Waals surface area contributed by atoms with E-state index < -0.39 is 28.9 Å². The first-order valence-electron chi connectivity index (χ1n) is 15.7. The fourth-order valence-corrected chi connectivity index (χ4v) is 8.16. The Morgan fingerprint density at radius 2 is 1.36 bits per heavy atom. The molecule has 0 aliphatic carbocycles. The number of fused-ring (bicyclic) bond motifs is 1. The van der Waals surface area contributed by atoms with E-state index in [0.29, 0.717) is 16.4 Å². The molecule has 5 aromatic rings. The number of nitrogens with zero attached hydrogens (tertiary/aromatic N) is 1. The molecule has 0 spiro atoms. The fourth-order valence-electron chi connectivity index (χ4n) is 6.84. The molecule has 47 heavy (non-hydrogen) atoms. The third kappa shape index (κ3) is 5.95. The maximum atomic E-state index is 15.6. The van der Waals surface area contributed by atoms with Crippen molar-refractivity contribution in [2.24, 2.45) is 10.9 Å². The summed E-state index contributed by atoms with van der Waals surface area (Å²) in [6.07, 6.45) is -0.371. The first-order chi connectivity index (χ1) is 23.0. The second kappa shape index (κ2) is 13.4. The van der Waals surface area contributed by atoms with Gasteiger partial charge in [-0.05, 0) is 22.8 Å². The molecule has 4 nitrogen and oxygen atoms in total. The summed E-state index contributed by atoms with van der Waals surface area (Å²) in [5, 5.41) is 0.608. The van der Waals surface area contributed by atoms with Gasteiger partial charge in [-0.15, -0.1) is 11.8 Å². The number of Topliss-reactive ketones (excluding diaryl/α,β-unsaturated/α-hetero) is 1. The summed E-state index contributed by atoms with van der Waals surface area (Å²) >= 11 is 1.49. The van der Waals surface area contributed by atoms with Crippen LogP contribution in [0.5, 0.6) is 0 Å². The second-order valence-corrected chi connectivity index (χ2v) is 13.0. The van der Waals surface area contributed by atoms with Crippen LogP contribution in [-0.2, 0) is 20.6 Å². The molecule has 2 heterocycles. The van der Waals surface area contributed by atoms with Gasteiger partial charge in [-0.25, -0.2) is 8.78 Å². The van der Waals surface area contributed by atoms with Gasteiger partial charge in [-0.2, -0.15) is 0 Å². The van der Waals surface area contributed by atoms with Crippen molar-refractivity contribution in [3.05, 3.63) is 179 Å². The number of aliphatic imine (C=N–C) groups is 1. The first kappa shape index (κ1) is 31.2. The Morgan fingerprint density at radius 1 is 0.809 bits per heavy atom. The monoisotopic (exact) mass is 645 g/mol. The molecule has 1 fully saturated rings. The lowest BCUT2D eigenvalue weighted by Gasteiger charge is -2.39. The van der Waals surface area contributed by atoms with Gasteiger partial charge in [0.15, 0.2) is 5.78 Å². The van der Waals surface area contributed by atoms with Gasteiger partial charge in [0.2, 0.25) is 0 Å². The topological polar surface area (TPSA) is 47.9 Å². The second-order valence-electron chi connectivity index (χ2n) is 11.9. The van der Waals surface area contributed by atoms with Crippen molar-refractivity contribution >= 4 is 22.6 Å². The zero-order valence-electron chi connectivity index (χ0n) is 25.6. The average molecular weight is 646 g/mol. The van der Waals surface area contributed by atoms with Crippen LogP contribution in [0.25, 0.3) is 0 Å². The van der Waals surface area contributed by atoms with Crippen LogP contribution in [0.2, 0.25) is 0 Å². The molecule has 0 unspecified atom stereocenters. The number of hydrogen-bond donors (Lipinski definition) is 0. The number of carbonyl (C=O) groups is 1. The summed E-state index contributed by atoms with van der Waals surface area (Å²) in [5.41, 5.74) is 1.64. The molecule has 0 aromatic heterocycles. The smallest absolute Gasteiger partial charge is 0.169 e. The van der Waals surface area contributed by atoms with E-state index in [-0.39, 0.29) is 36.9 Å². The normalized spacial score (nSPS) is 20.8. The van der Waals surface area contributed by atoms with Crippen LogP contribution in [0.4, 0.5) is 8.78 Å². The van der Waals surface area contributed by atoms with Gasteiger partial charge in [-0.3, -0.25) is 9.79 Å². The molecule has 0 saturated carbocycles. The van der Waals surface area contributed by atoms with Gasteiger partial charge >= 0.3 is 0 Å². The van der Waals surface area contributed by atoms with Crippen molar-refractivity contribution in [1.82, 2.24) is 0 Å². The molecule has 0 amide bonds. The van der Waals surface area contributed by atoms with Gasteiger partial charge in [0, 0.05) is 28.9 Å². The molecule has 2 aliphatic rings. The zero-order chi connectivity index (χ0) is 32.3. The largest absolute Gasteiger partial charge is 0.372 e. The van der Waals surface area contributed by atoms with Crippen molar-refractivity contribution in [3.63, 3.8) is 0 Å². The van der Waals surface area contributed by atoms with E-state index in [1.54, 1.807) is 12.1 Å². The summed E-state index contributed by atoms with van der Waals surface area (Å²) in [5.74, 6) is -1.19. The van der Waals surface area contributed by atoms with Crippen molar-refractivity contribution in [3.8, 4) is 0 Å². The molecule has 0 radical (unpaired) electrons.